The van der Waals surface area contributed by atoms with Crippen LogP contribution in [0.2, 0.25) is 36.3 Å². The molecule has 0 aliphatic carbocycles. The first-order valence-electron chi connectivity index (χ1n) is 23.3. The lowest BCUT2D eigenvalue weighted by atomic mass is 9.97. The van der Waals surface area contributed by atoms with Crippen molar-refractivity contribution in [2.24, 2.45) is 11.8 Å². The number of anilines is 2. The molecule has 2 amide bonds. The summed E-state index contributed by atoms with van der Waals surface area (Å²) in [6.45, 7) is 26.6. The van der Waals surface area contributed by atoms with Gasteiger partial charge in [0.05, 0.1) is 42.4 Å². The Morgan fingerprint density at radius 2 is 1.03 bits per heavy atom. The van der Waals surface area contributed by atoms with Gasteiger partial charge in [-0.2, -0.15) is 10.2 Å². The zero-order chi connectivity index (χ0) is 49.3. The van der Waals surface area contributed by atoms with Crippen molar-refractivity contribution >= 4 is 73.7 Å². The highest BCUT2D eigenvalue weighted by Crippen LogP contribution is 2.47. The number of aliphatic hydroxyl groups excluding tert-OH is 1. The van der Waals surface area contributed by atoms with E-state index in [4.69, 9.17) is 18.3 Å². The second kappa shape index (κ2) is 21.5. The number of alkyl halides is 1. The maximum Gasteiger partial charge on any atom is 0.256 e. The van der Waals surface area contributed by atoms with Gasteiger partial charge in [0.1, 0.15) is 35.9 Å². The molecule has 6 heterocycles. The van der Waals surface area contributed by atoms with Crippen LogP contribution >= 0.6 is 22.6 Å². The molecular formula is C51H71IN8O7Si2. The molecule has 0 saturated carbocycles. The fourth-order valence-corrected chi connectivity index (χ4v) is 11.8. The van der Waals surface area contributed by atoms with Crippen molar-refractivity contribution in [3.8, 4) is 0 Å². The smallest absolute Gasteiger partial charge is 0.256 e. The number of hydrogen-bond acceptors (Lipinski definition) is 11. The van der Waals surface area contributed by atoms with Crippen molar-refractivity contribution in [2.75, 3.05) is 21.7 Å². The summed E-state index contributed by atoms with van der Waals surface area (Å²) in [6.07, 6.45) is 1.70. The summed E-state index contributed by atoms with van der Waals surface area (Å²) >= 11 is 2.39. The molecule has 2 aromatic carbocycles. The molecule has 2 fully saturated rings. The monoisotopic (exact) mass is 1090 g/mol. The highest BCUT2D eigenvalue weighted by molar-refractivity contribution is 14.1. The summed E-state index contributed by atoms with van der Waals surface area (Å²) in [5.41, 5.74) is 4.23. The van der Waals surface area contributed by atoms with Crippen molar-refractivity contribution in [1.82, 2.24) is 29.2 Å². The van der Waals surface area contributed by atoms with Crippen LogP contribution in [0.3, 0.4) is 0 Å². The molecule has 4 aromatic heterocycles. The molecule has 2 aliphatic heterocycles. The van der Waals surface area contributed by atoms with E-state index < -0.39 is 22.7 Å². The number of hydrogen-bond donors (Lipinski definition) is 3. The van der Waals surface area contributed by atoms with E-state index in [1.165, 1.54) is 12.7 Å². The average molecular weight is 1090 g/mol. The molecule has 18 heteroatoms. The number of nitrogens with one attached hydrogen (secondary N) is 2. The minimum Gasteiger partial charge on any atom is -0.410 e. The first kappa shape index (κ1) is 53.9. The molecule has 0 radical (unpaired) electrons. The number of ether oxygens (including phenoxy) is 2. The first-order chi connectivity index (χ1) is 32.1. The molecule has 3 N–H and O–H groups in total. The van der Waals surface area contributed by atoms with Crippen molar-refractivity contribution in [1.29, 1.82) is 0 Å². The normalized spacial score (nSPS) is 23.0. The van der Waals surface area contributed by atoms with Crippen molar-refractivity contribution in [3.63, 3.8) is 0 Å². The van der Waals surface area contributed by atoms with Gasteiger partial charge >= 0.3 is 0 Å². The van der Waals surface area contributed by atoms with Gasteiger partial charge in [-0.1, -0.05) is 122 Å². The van der Waals surface area contributed by atoms with Crippen molar-refractivity contribution in [2.45, 2.75) is 136 Å². The van der Waals surface area contributed by atoms with E-state index in [2.05, 4.69) is 135 Å². The zero-order valence-electron chi connectivity index (χ0n) is 41.2. The number of aromatic nitrogens is 6. The molecule has 15 nitrogen and oxygen atoms in total. The van der Waals surface area contributed by atoms with Gasteiger partial charge in [-0.3, -0.25) is 9.59 Å². The fraction of sp³-hybridized carbons (Fsp3) is 0.490. The molecule has 69 heavy (non-hydrogen) atoms. The standard InChI is InChI=1S/C25H33IN4O3Si.C25H34N4O4Si.CH4/c1-16-20(14-26)32-22(21(16)33-34(5,6)25(2,3)4)18-12-13-19-23(27-15-28-30(18)19)29-24(31)17-10-8-7-9-11-17;1-16-20(14-30)32-22(21(16)33-34(5,6)25(2,3)4)18-12-13-19-23(26-15-27-29(18)19)28-24(31)17-10-8-7-9-11-17;/h7-13,15-16,20-22H,14H2,1-6H3,(H,27,28,29,31);7-13,15-16,20-22,30H,14H2,1-6H3,(H,26,27,28,31);1H4/t2*16-,20-,21-,22+;/m11./s1. The molecule has 2 aliphatic rings. The largest absolute Gasteiger partial charge is 0.410 e. The van der Waals surface area contributed by atoms with E-state index in [9.17, 15) is 14.7 Å². The van der Waals surface area contributed by atoms with Gasteiger partial charge in [0, 0.05) is 27.4 Å². The number of fused-ring (bicyclic) bond motifs is 2. The van der Waals surface area contributed by atoms with Gasteiger partial charge in [0.25, 0.3) is 11.8 Å². The summed E-state index contributed by atoms with van der Waals surface area (Å²) in [5, 5.41) is 24.8. The number of nitrogens with zero attached hydrogens (tertiary/aromatic N) is 6. The van der Waals surface area contributed by atoms with Crippen LogP contribution in [0.25, 0.3) is 11.0 Å². The number of carbonyl (C=O) groups excluding carboxylic acids is 2. The van der Waals surface area contributed by atoms with Crippen LogP contribution in [-0.2, 0) is 18.3 Å². The van der Waals surface area contributed by atoms with E-state index in [0.717, 1.165) is 21.3 Å². The fourth-order valence-electron chi connectivity index (χ4n) is 8.06. The van der Waals surface area contributed by atoms with Gasteiger partial charge in [0.2, 0.25) is 0 Å². The third kappa shape index (κ3) is 11.4. The Labute approximate surface area is 422 Å². The molecule has 2 saturated heterocycles. The van der Waals surface area contributed by atoms with Crippen LogP contribution in [0.1, 0.15) is 107 Å². The minimum atomic E-state index is -2.11. The molecule has 0 spiro atoms. The number of amides is 2. The average Bonchev–Trinajstić information content (AvgIpc) is 4.07. The van der Waals surface area contributed by atoms with Crippen LogP contribution in [0.4, 0.5) is 11.6 Å². The lowest BCUT2D eigenvalue weighted by Gasteiger charge is -2.40. The van der Waals surface area contributed by atoms with E-state index in [-0.39, 0.29) is 78.3 Å². The number of aliphatic hydroxyl groups is 1. The third-order valence-corrected chi connectivity index (χ3v) is 24.2. The van der Waals surface area contributed by atoms with Crippen LogP contribution < -0.4 is 10.6 Å². The van der Waals surface area contributed by atoms with Crippen LogP contribution in [0, 0.1) is 11.8 Å². The summed E-state index contributed by atoms with van der Waals surface area (Å²) in [6, 6.07) is 25.9. The Morgan fingerprint density at radius 3 is 1.39 bits per heavy atom. The SMILES string of the molecule is C.C[C@H]1[C@@H](O[Si](C)(C)C(C)(C)C)[C@H](c2ccc3c(NC(=O)c4ccccc4)ncnn23)O[C@@H]1CI.C[C@H]1[C@@H](O[Si](C)(C)C(C)(C)C)[C@H](c2ccc3c(NC(=O)c4ccccc4)ncnn23)O[C@@H]1CO. The highest BCUT2D eigenvalue weighted by atomic mass is 127. The zero-order valence-corrected chi connectivity index (χ0v) is 45.4. The van der Waals surface area contributed by atoms with E-state index in [0.29, 0.717) is 28.3 Å². The number of carbonyl (C=O) groups is 2. The van der Waals surface area contributed by atoms with Gasteiger partial charge in [-0.05, 0) is 84.8 Å². The lowest BCUT2D eigenvalue weighted by Crippen LogP contribution is -2.46. The molecular weight excluding hydrogens is 1020 g/mol. The lowest BCUT2D eigenvalue weighted by molar-refractivity contribution is -0.0135. The quantitative estimate of drug-likeness (QED) is 0.0604. The van der Waals surface area contributed by atoms with Gasteiger partial charge in [-0.15, -0.1) is 0 Å². The second-order valence-electron chi connectivity index (χ2n) is 20.9. The number of rotatable bonds is 12. The molecule has 372 valence electrons. The summed E-state index contributed by atoms with van der Waals surface area (Å²) in [5.74, 6) is 0.692. The third-order valence-electron chi connectivity index (χ3n) is 14.3. The predicted octanol–water partition coefficient (Wildman–Crippen LogP) is 11.0. The van der Waals surface area contributed by atoms with Crippen molar-refractivity contribution < 1.29 is 33.0 Å². The van der Waals surface area contributed by atoms with Gasteiger partial charge in [-0.25, -0.2) is 19.0 Å². The summed E-state index contributed by atoms with van der Waals surface area (Å²) < 4.78 is 31.1. The Balaban J connectivity index is 0.000000224. The Hall–Kier alpha value is -4.42. The second-order valence-corrected chi connectivity index (χ2v) is 31.3. The molecule has 0 bridgehead atoms. The summed E-state index contributed by atoms with van der Waals surface area (Å²) in [4.78, 5) is 34.1. The molecule has 8 atom stereocenters. The highest BCUT2D eigenvalue weighted by Gasteiger charge is 2.51. The molecule has 8 rings (SSSR count). The van der Waals surface area contributed by atoms with E-state index >= 15 is 0 Å². The minimum absolute atomic E-state index is 0. The van der Waals surface area contributed by atoms with Crippen LogP contribution in [-0.4, -0.2) is 98.2 Å². The maximum absolute atomic E-state index is 12.7. The van der Waals surface area contributed by atoms with Gasteiger partial charge in [0.15, 0.2) is 28.3 Å². The maximum atomic E-state index is 12.7. The van der Waals surface area contributed by atoms with Crippen molar-refractivity contribution in [3.05, 3.63) is 120 Å². The number of benzene rings is 2. The summed E-state index contributed by atoms with van der Waals surface area (Å²) in [7, 11) is -4.13. The van der Waals surface area contributed by atoms with Crippen LogP contribution in [0.15, 0.2) is 97.6 Å². The first-order valence-corrected chi connectivity index (χ1v) is 30.6. The van der Waals surface area contributed by atoms with E-state index in [1.807, 2.05) is 65.2 Å². The predicted molar refractivity (Wildman–Crippen MR) is 285 cm³/mol. The van der Waals surface area contributed by atoms with Gasteiger partial charge < -0.3 is 34.1 Å². The molecule has 6 aromatic rings. The van der Waals surface area contributed by atoms with Crippen LogP contribution in [0.5, 0.6) is 0 Å². The molecule has 0 unspecified atom stereocenters. The van der Waals surface area contributed by atoms with E-state index in [1.54, 1.807) is 28.8 Å². The Kier molecular flexibility index (Phi) is 16.8. The number of halogens is 1. The Bertz CT molecular complexity index is 2510. The Morgan fingerprint density at radius 1 is 0.652 bits per heavy atom. The topological polar surface area (TPSA) is 176 Å².